The third-order valence-electron chi connectivity index (χ3n) is 7.37. The quantitative estimate of drug-likeness (QED) is 0.290. The summed E-state index contributed by atoms with van der Waals surface area (Å²) in [6.45, 7) is 0.468. The first-order valence-electron chi connectivity index (χ1n) is 13.5. The molecule has 1 aliphatic heterocycles. The summed E-state index contributed by atoms with van der Waals surface area (Å²) in [6.07, 6.45) is -7.96. The van der Waals surface area contributed by atoms with Crippen molar-refractivity contribution in [3.8, 4) is 0 Å². The zero-order chi connectivity index (χ0) is 32.3. The number of sulfone groups is 1. The molecule has 3 aromatic rings. The molecule has 4 rings (SSSR count). The van der Waals surface area contributed by atoms with Crippen LogP contribution >= 0.6 is 0 Å². The van der Waals surface area contributed by atoms with Crippen LogP contribution in [0.15, 0.2) is 71.9 Å². The predicted octanol–water partition coefficient (Wildman–Crippen LogP) is 5.26. The van der Waals surface area contributed by atoms with Gasteiger partial charge in [0.2, 0.25) is 0 Å². The number of halogens is 6. The van der Waals surface area contributed by atoms with E-state index in [0.29, 0.717) is 16.8 Å². The van der Waals surface area contributed by atoms with Crippen LogP contribution in [0.4, 0.5) is 32.0 Å². The summed E-state index contributed by atoms with van der Waals surface area (Å²) < 4.78 is 106. The van der Waals surface area contributed by atoms with E-state index in [4.69, 9.17) is 0 Å². The van der Waals surface area contributed by atoms with Crippen molar-refractivity contribution >= 4 is 21.4 Å². The van der Waals surface area contributed by atoms with Crippen LogP contribution in [0.25, 0.3) is 0 Å². The van der Waals surface area contributed by atoms with Crippen LogP contribution < -0.4 is 10.2 Å². The monoisotopic (exact) mass is 645 g/mol. The zero-order valence-corrected chi connectivity index (χ0v) is 24.1. The molecule has 1 aliphatic rings. The predicted molar refractivity (Wildman–Crippen MR) is 148 cm³/mol. The van der Waals surface area contributed by atoms with Crippen molar-refractivity contribution in [3.63, 3.8) is 0 Å². The highest BCUT2D eigenvalue weighted by atomic mass is 32.2. The van der Waals surface area contributed by atoms with Gasteiger partial charge < -0.3 is 15.3 Å². The number of carbonyl (C=O) groups excluding carboxylic acids is 1. The smallest absolute Gasteiger partial charge is 0.394 e. The minimum absolute atomic E-state index is 0.135. The second-order valence-electron chi connectivity index (χ2n) is 10.2. The SMILES string of the molecule is CCS(=O)(=O)c1ccc([C@H](CO)NC(=O)c2ccc(N3C[C@H](c4ccc(C(F)(F)F)cc4)C[C@H]3COC(F)(F)F)cc2)cn1. The average molecular weight is 646 g/mol. The van der Waals surface area contributed by atoms with Crippen LogP contribution in [0.1, 0.15) is 52.4 Å². The number of benzene rings is 2. The van der Waals surface area contributed by atoms with Crippen LogP contribution in [0.5, 0.6) is 0 Å². The van der Waals surface area contributed by atoms with Gasteiger partial charge in [0.1, 0.15) is 0 Å². The van der Waals surface area contributed by atoms with Crippen molar-refractivity contribution in [2.75, 3.05) is 30.4 Å². The van der Waals surface area contributed by atoms with Crippen molar-refractivity contribution in [3.05, 3.63) is 89.1 Å². The Morgan fingerprint density at radius 3 is 2.23 bits per heavy atom. The summed E-state index contributed by atoms with van der Waals surface area (Å²) in [5.74, 6) is -1.10. The number of ether oxygens (including phenoxy) is 1. The number of pyridine rings is 1. The van der Waals surface area contributed by atoms with Crippen LogP contribution in [0.3, 0.4) is 0 Å². The molecule has 0 saturated carbocycles. The zero-order valence-electron chi connectivity index (χ0n) is 23.3. The van der Waals surface area contributed by atoms with Gasteiger partial charge in [0.25, 0.3) is 5.91 Å². The normalized spacial score (nSPS) is 18.3. The first kappa shape index (κ1) is 33.2. The molecule has 1 saturated heterocycles. The van der Waals surface area contributed by atoms with Gasteiger partial charge in [0, 0.05) is 29.9 Å². The number of rotatable bonds is 10. The molecule has 0 radical (unpaired) electrons. The Labute approximate surface area is 249 Å². The number of amides is 1. The minimum atomic E-state index is -4.87. The fourth-order valence-electron chi connectivity index (χ4n) is 4.98. The average Bonchev–Trinajstić information content (AvgIpc) is 3.42. The number of aliphatic hydroxyl groups is 1. The molecule has 1 amide bonds. The Bertz CT molecular complexity index is 1530. The summed E-state index contributed by atoms with van der Waals surface area (Å²) in [5.41, 5.74) is 0.724. The van der Waals surface area contributed by atoms with Crippen molar-refractivity contribution in [2.45, 2.75) is 48.9 Å². The highest BCUT2D eigenvalue weighted by Crippen LogP contribution is 2.38. The summed E-state index contributed by atoms with van der Waals surface area (Å²) in [7, 11) is -3.54. The third-order valence-corrected chi connectivity index (χ3v) is 9.01. The highest BCUT2D eigenvalue weighted by molar-refractivity contribution is 7.91. The van der Waals surface area contributed by atoms with E-state index < -0.39 is 59.1 Å². The van der Waals surface area contributed by atoms with Crippen molar-refractivity contribution in [1.29, 1.82) is 0 Å². The third kappa shape index (κ3) is 8.07. The van der Waals surface area contributed by atoms with Crippen molar-refractivity contribution in [1.82, 2.24) is 10.3 Å². The number of hydrogen-bond donors (Lipinski definition) is 2. The summed E-state index contributed by atoms with van der Waals surface area (Å²) in [6, 6.07) is 11.5. The molecule has 0 unspecified atom stereocenters. The molecule has 44 heavy (non-hydrogen) atoms. The lowest BCUT2D eigenvalue weighted by atomic mass is 9.95. The second kappa shape index (κ2) is 13.1. The van der Waals surface area contributed by atoms with E-state index in [2.05, 4.69) is 15.0 Å². The summed E-state index contributed by atoms with van der Waals surface area (Å²) in [5, 5.41) is 12.3. The first-order valence-corrected chi connectivity index (χ1v) is 15.1. The van der Waals surface area contributed by atoms with Crippen LogP contribution in [-0.2, 0) is 20.8 Å². The molecule has 0 aliphatic carbocycles. The van der Waals surface area contributed by atoms with Gasteiger partial charge in [-0.2, -0.15) is 13.2 Å². The van der Waals surface area contributed by atoms with Crippen molar-refractivity contribution < 1.29 is 49.4 Å². The van der Waals surface area contributed by atoms with Gasteiger partial charge in [0.05, 0.1) is 36.6 Å². The Hall–Kier alpha value is -3.69. The number of aromatic nitrogens is 1. The van der Waals surface area contributed by atoms with Gasteiger partial charge in [-0.1, -0.05) is 25.1 Å². The Morgan fingerprint density at radius 2 is 1.70 bits per heavy atom. The number of aliphatic hydroxyl groups excluding tert-OH is 1. The Balaban J connectivity index is 1.49. The molecule has 8 nitrogen and oxygen atoms in total. The van der Waals surface area contributed by atoms with Gasteiger partial charge >= 0.3 is 12.5 Å². The van der Waals surface area contributed by atoms with E-state index in [-0.39, 0.29) is 35.2 Å². The number of anilines is 1. The largest absolute Gasteiger partial charge is 0.522 e. The molecule has 238 valence electrons. The van der Waals surface area contributed by atoms with Crippen molar-refractivity contribution in [2.24, 2.45) is 0 Å². The number of alkyl halides is 6. The van der Waals surface area contributed by atoms with Crippen LogP contribution in [-0.4, -0.2) is 62.3 Å². The maximum atomic E-state index is 13.0. The van der Waals surface area contributed by atoms with E-state index >= 15 is 0 Å². The number of carbonyl (C=O) groups is 1. The topological polar surface area (TPSA) is 109 Å². The molecular formula is C29H29F6N3O5S. The number of nitrogens with one attached hydrogen (secondary N) is 1. The standard InChI is InChI=1S/C29H29F6N3O5S/c1-2-44(41,42)26-12-7-20(14-36-26)25(16-39)37-27(40)19-5-10-23(11-6-19)38-15-21(13-24(38)17-43-29(33,34)35)18-3-8-22(9-4-18)28(30,31)32/h3-12,14,21,24-25,39H,2,13,15-17H2,1H3,(H,37,40)/t21-,24+,25+/m1/s1. The van der Waals surface area contributed by atoms with Gasteiger partial charge in [-0.25, -0.2) is 13.4 Å². The Morgan fingerprint density at radius 1 is 1.05 bits per heavy atom. The molecule has 3 atom stereocenters. The second-order valence-corrected chi connectivity index (χ2v) is 12.4. The molecular weight excluding hydrogens is 616 g/mol. The summed E-state index contributed by atoms with van der Waals surface area (Å²) >= 11 is 0. The van der Waals surface area contributed by atoms with E-state index in [9.17, 15) is 44.7 Å². The van der Waals surface area contributed by atoms with E-state index in [1.165, 1.54) is 61.7 Å². The fourth-order valence-corrected chi connectivity index (χ4v) is 5.76. The van der Waals surface area contributed by atoms with Crippen LogP contribution in [0, 0.1) is 0 Å². The molecule has 2 N–H and O–H groups in total. The van der Waals surface area contributed by atoms with Gasteiger partial charge in [0.15, 0.2) is 14.9 Å². The maximum absolute atomic E-state index is 13.0. The van der Waals surface area contributed by atoms with Crippen LogP contribution in [0.2, 0.25) is 0 Å². The Kier molecular flexibility index (Phi) is 9.90. The van der Waals surface area contributed by atoms with Gasteiger partial charge in [-0.15, -0.1) is 13.2 Å². The fraction of sp³-hybridized carbons (Fsp3) is 0.379. The minimum Gasteiger partial charge on any atom is -0.394 e. The lowest BCUT2D eigenvalue weighted by molar-refractivity contribution is -0.325. The number of nitrogens with zero attached hydrogens (tertiary/aromatic N) is 2. The van der Waals surface area contributed by atoms with Gasteiger partial charge in [-0.3, -0.25) is 9.53 Å². The molecule has 15 heteroatoms. The molecule has 1 fully saturated rings. The lowest BCUT2D eigenvalue weighted by Crippen LogP contribution is -2.35. The molecule has 0 spiro atoms. The lowest BCUT2D eigenvalue weighted by Gasteiger charge is -2.27. The first-order chi connectivity index (χ1) is 20.6. The maximum Gasteiger partial charge on any atom is 0.522 e. The molecule has 1 aromatic heterocycles. The molecule has 0 bridgehead atoms. The van der Waals surface area contributed by atoms with E-state index in [0.717, 1.165) is 12.1 Å². The molecule has 2 aromatic carbocycles. The molecule has 2 heterocycles. The van der Waals surface area contributed by atoms with Gasteiger partial charge in [-0.05, 0) is 60.0 Å². The summed E-state index contributed by atoms with van der Waals surface area (Å²) in [4.78, 5) is 18.5. The number of hydrogen-bond acceptors (Lipinski definition) is 7. The van der Waals surface area contributed by atoms with E-state index in [1.54, 1.807) is 4.90 Å². The van der Waals surface area contributed by atoms with E-state index in [1.807, 2.05) is 0 Å². The highest BCUT2D eigenvalue weighted by Gasteiger charge is 2.38.